The zero-order valence-corrected chi connectivity index (χ0v) is 15.9. The van der Waals surface area contributed by atoms with E-state index in [2.05, 4.69) is 43.0 Å². The maximum atomic E-state index is 5.46. The number of hydrogen-bond acceptors (Lipinski definition) is 5. The van der Waals surface area contributed by atoms with Crippen LogP contribution in [-0.2, 0) is 13.0 Å². The summed E-state index contributed by atoms with van der Waals surface area (Å²) in [6.07, 6.45) is 0.990. The van der Waals surface area contributed by atoms with Gasteiger partial charge in [-0.25, -0.2) is 4.98 Å². The first-order chi connectivity index (χ1) is 12.1. The molecular weight excluding hydrogens is 332 g/mol. The molecule has 2 heterocycles. The summed E-state index contributed by atoms with van der Waals surface area (Å²) >= 11 is 1.78. The molecule has 25 heavy (non-hydrogen) atoms. The molecule has 4 nitrogen and oxygen atoms in total. The number of rotatable bonds is 3. The fraction of sp³-hybridized carbons (Fsp3) is 0.350. The highest BCUT2D eigenvalue weighted by molar-refractivity contribution is 7.22. The highest BCUT2D eigenvalue weighted by Crippen LogP contribution is 2.37. The summed E-state index contributed by atoms with van der Waals surface area (Å²) < 4.78 is 12.2. The molecule has 1 aromatic heterocycles. The van der Waals surface area contributed by atoms with Crippen molar-refractivity contribution in [2.75, 3.05) is 25.7 Å². The minimum absolute atomic E-state index is 0.791. The number of aryl methyl sites for hydroxylation is 2. The number of thiazole rings is 1. The molecule has 0 fully saturated rings. The normalized spacial score (nSPS) is 13.8. The standard InChI is InChI=1S/C20H22N2O2S/c1-12-5-6-18-19(13(12)2)21-20(25-18)22-8-7-14-9-16(23-3)17(24-4)10-15(14)11-22/h5-6,9-10H,7-8,11H2,1-4H3. The first-order valence-electron chi connectivity index (χ1n) is 8.46. The van der Waals surface area contributed by atoms with Crippen LogP contribution >= 0.6 is 11.3 Å². The van der Waals surface area contributed by atoms with Crippen molar-refractivity contribution in [1.29, 1.82) is 0 Å². The zero-order valence-electron chi connectivity index (χ0n) is 15.0. The van der Waals surface area contributed by atoms with Crippen molar-refractivity contribution in [3.05, 3.63) is 46.5 Å². The van der Waals surface area contributed by atoms with Crippen molar-refractivity contribution in [3.8, 4) is 11.5 Å². The minimum Gasteiger partial charge on any atom is -0.493 e. The maximum absolute atomic E-state index is 5.46. The van der Waals surface area contributed by atoms with Gasteiger partial charge in [-0.15, -0.1) is 0 Å². The lowest BCUT2D eigenvalue weighted by atomic mass is 9.99. The van der Waals surface area contributed by atoms with Crippen LogP contribution in [0.2, 0.25) is 0 Å². The molecule has 0 amide bonds. The topological polar surface area (TPSA) is 34.6 Å². The lowest BCUT2D eigenvalue weighted by Crippen LogP contribution is -2.30. The Bertz CT molecular complexity index is 949. The van der Waals surface area contributed by atoms with Crippen molar-refractivity contribution in [1.82, 2.24) is 4.98 Å². The fourth-order valence-electron chi connectivity index (χ4n) is 3.40. The van der Waals surface area contributed by atoms with E-state index in [1.807, 2.05) is 0 Å². The molecule has 5 heteroatoms. The molecule has 0 aliphatic carbocycles. The second kappa shape index (κ2) is 6.23. The van der Waals surface area contributed by atoms with Crippen LogP contribution in [0.3, 0.4) is 0 Å². The first kappa shape index (κ1) is 16.2. The van der Waals surface area contributed by atoms with Crippen molar-refractivity contribution in [2.24, 2.45) is 0 Å². The Morgan fingerprint density at radius 2 is 1.76 bits per heavy atom. The van der Waals surface area contributed by atoms with E-state index in [-0.39, 0.29) is 0 Å². The van der Waals surface area contributed by atoms with Crippen LogP contribution in [0.1, 0.15) is 22.3 Å². The smallest absolute Gasteiger partial charge is 0.186 e. The lowest BCUT2D eigenvalue weighted by molar-refractivity contribution is 0.353. The van der Waals surface area contributed by atoms with Gasteiger partial charge < -0.3 is 14.4 Å². The van der Waals surface area contributed by atoms with Crippen LogP contribution < -0.4 is 14.4 Å². The number of hydrogen-bond donors (Lipinski definition) is 0. The van der Waals surface area contributed by atoms with Crippen molar-refractivity contribution >= 4 is 26.7 Å². The van der Waals surface area contributed by atoms with E-state index in [9.17, 15) is 0 Å². The van der Waals surface area contributed by atoms with E-state index in [0.717, 1.165) is 41.7 Å². The Balaban J connectivity index is 1.69. The number of nitrogens with zero attached hydrogens (tertiary/aromatic N) is 2. The molecule has 3 aromatic rings. The van der Waals surface area contributed by atoms with E-state index >= 15 is 0 Å². The molecule has 0 atom stereocenters. The molecule has 0 unspecified atom stereocenters. The summed E-state index contributed by atoms with van der Waals surface area (Å²) in [5.74, 6) is 1.60. The second-order valence-electron chi connectivity index (χ2n) is 6.50. The number of methoxy groups -OCH3 is 2. The number of anilines is 1. The van der Waals surface area contributed by atoms with Crippen LogP contribution in [0, 0.1) is 13.8 Å². The van der Waals surface area contributed by atoms with Crippen LogP contribution in [0.25, 0.3) is 10.2 Å². The molecule has 2 aromatic carbocycles. The predicted molar refractivity (Wildman–Crippen MR) is 103 cm³/mol. The monoisotopic (exact) mass is 354 g/mol. The zero-order chi connectivity index (χ0) is 17.6. The van der Waals surface area contributed by atoms with Crippen LogP contribution in [0.4, 0.5) is 5.13 Å². The summed E-state index contributed by atoms with van der Waals surface area (Å²) in [4.78, 5) is 7.30. The minimum atomic E-state index is 0.791. The number of fused-ring (bicyclic) bond motifs is 2. The van der Waals surface area contributed by atoms with Crippen LogP contribution in [0.5, 0.6) is 11.5 Å². The Hall–Kier alpha value is -2.27. The number of benzene rings is 2. The third-order valence-corrected chi connectivity index (χ3v) is 6.14. The SMILES string of the molecule is COc1cc2c(cc1OC)CN(c1nc3c(C)c(C)ccc3s1)CC2. The molecule has 0 N–H and O–H groups in total. The second-order valence-corrected chi connectivity index (χ2v) is 7.51. The quantitative estimate of drug-likeness (QED) is 0.694. The van der Waals surface area contributed by atoms with E-state index in [4.69, 9.17) is 14.5 Å². The van der Waals surface area contributed by atoms with E-state index < -0.39 is 0 Å². The van der Waals surface area contributed by atoms with Crippen molar-refractivity contribution in [2.45, 2.75) is 26.8 Å². The summed E-state index contributed by atoms with van der Waals surface area (Å²) in [7, 11) is 3.37. The van der Waals surface area contributed by atoms with E-state index in [1.54, 1.807) is 25.6 Å². The predicted octanol–water partition coefficient (Wildman–Crippen LogP) is 4.49. The largest absolute Gasteiger partial charge is 0.493 e. The lowest BCUT2D eigenvalue weighted by Gasteiger charge is -2.29. The number of aromatic nitrogens is 1. The van der Waals surface area contributed by atoms with Gasteiger partial charge in [0.25, 0.3) is 0 Å². The average molecular weight is 354 g/mol. The molecule has 0 bridgehead atoms. The molecule has 0 saturated carbocycles. The average Bonchev–Trinajstić information content (AvgIpc) is 3.08. The third-order valence-electron chi connectivity index (χ3n) is 5.06. The van der Waals surface area contributed by atoms with Gasteiger partial charge in [-0.05, 0) is 60.7 Å². The third kappa shape index (κ3) is 2.72. The van der Waals surface area contributed by atoms with Gasteiger partial charge in [0, 0.05) is 13.1 Å². The van der Waals surface area contributed by atoms with Gasteiger partial charge in [0.15, 0.2) is 16.6 Å². The van der Waals surface area contributed by atoms with Crippen molar-refractivity contribution in [3.63, 3.8) is 0 Å². The van der Waals surface area contributed by atoms with E-state index in [1.165, 1.54) is 27.0 Å². The fourth-order valence-corrected chi connectivity index (χ4v) is 4.45. The Morgan fingerprint density at radius 1 is 1.04 bits per heavy atom. The van der Waals surface area contributed by atoms with Gasteiger partial charge in [-0.3, -0.25) is 0 Å². The Labute approximate surface area is 152 Å². The molecule has 1 aliphatic rings. The van der Waals surface area contributed by atoms with E-state index in [0.29, 0.717) is 0 Å². The Morgan fingerprint density at radius 3 is 2.48 bits per heavy atom. The van der Waals surface area contributed by atoms with Gasteiger partial charge in [0.2, 0.25) is 0 Å². The van der Waals surface area contributed by atoms with Crippen LogP contribution in [0.15, 0.2) is 24.3 Å². The van der Waals surface area contributed by atoms with Crippen LogP contribution in [-0.4, -0.2) is 25.7 Å². The summed E-state index contributed by atoms with van der Waals surface area (Å²) in [6.45, 7) is 6.13. The molecule has 4 rings (SSSR count). The molecule has 0 radical (unpaired) electrons. The molecule has 0 spiro atoms. The maximum Gasteiger partial charge on any atom is 0.186 e. The van der Waals surface area contributed by atoms with Gasteiger partial charge in [0.1, 0.15) is 0 Å². The summed E-state index contributed by atoms with van der Waals surface area (Å²) in [6, 6.07) is 8.58. The van der Waals surface area contributed by atoms with Gasteiger partial charge in [-0.1, -0.05) is 17.4 Å². The highest BCUT2D eigenvalue weighted by Gasteiger charge is 2.22. The number of ether oxygens (including phenoxy) is 2. The summed E-state index contributed by atoms with van der Waals surface area (Å²) in [5.41, 5.74) is 6.34. The van der Waals surface area contributed by atoms with Gasteiger partial charge >= 0.3 is 0 Å². The van der Waals surface area contributed by atoms with Crippen molar-refractivity contribution < 1.29 is 9.47 Å². The van der Waals surface area contributed by atoms with Gasteiger partial charge in [0.05, 0.1) is 24.4 Å². The molecule has 130 valence electrons. The molecular formula is C20H22N2O2S. The Kier molecular flexibility index (Phi) is 4.04. The highest BCUT2D eigenvalue weighted by atomic mass is 32.1. The van der Waals surface area contributed by atoms with Gasteiger partial charge in [-0.2, -0.15) is 0 Å². The molecule has 0 saturated heterocycles. The first-order valence-corrected chi connectivity index (χ1v) is 9.28. The summed E-state index contributed by atoms with van der Waals surface area (Å²) in [5, 5.41) is 1.10. The molecule has 1 aliphatic heterocycles.